The Morgan fingerprint density at radius 3 is 2.52 bits per heavy atom. The molecule has 8 nitrogen and oxygen atoms in total. The Morgan fingerprint density at radius 1 is 1.15 bits per heavy atom. The maximum absolute atomic E-state index is 13.0. The second-order valence-corrected chi connectivity index (χ2v) is 7.68. The Balaban J connectivity index is 1.67. The molecule has 8 heteroatoms. The van der Waals surface area contributed by atoms with Crippen molar-refractivity contribution in [1.82, 2.24) is 10.2 Å². The summed E-state index contributed by atoms with van der Waals surface area (Å²) in [6.07, 6.45) is 1.50. The molecule has 0 radical (unpaired) electrons. The van der Waals surface area contributed by atoms with Crippen molar-refractivity contribution >= 4 is 11.8 Å². The number of carbonyl (C=O) groups excluding carboxylic acids is 2. The van der Waals surface area contributed by atoms with Crippen molar-refractivity contribution in [1.29, 1.82) is 5.26 Å². The van der Waals surface area contributed by atoms with E-state index in [-0.39, 0.29) is 18.2 Å². The molecule has 1 unspecified atom stereocenters. The quantitative estimate of drug-likeness (QED) is 0.629. The standard InChI is InChI=1S/C25H29N3O5/c1-4-33-19-10-7-17(8-11-19)14-24(29)28-13-5-6-21(28)25(30)27-20(16-26)18-9-12-22(31-2)23(15-18)32-3/h7-12,15,20-21H,4-6,13-14H2,1-3H3,(H,27,30)/t20?,21-/m0/s1. The number of methoxy groups -OCH3 is 2. The maximum Gasteiger partial charge on any atom is 0.244 e. The molecule has 2 aromatic carbocycles. The van der Waals surface area contributed by atoms with Crippen molar-refractivity contribution in [3.05, 3.63) is 53.6 Å². The summed E-state index contributed by atoms with van der Waals surface area (Å²) in [5, 5.41) is 12.4. The predicted molar refractivity (Wildman–Crippen MR) is 122 cm³/mol. The van der Waals surface area contributed by atoms with Gasteiger partial charge in [-0.05, 0) is 55.2 Å². The van der Waals surface area contributed by atoms with Crippen molar-refractivity contribution in [2.24, 2.45) is 0 Å². The Kier molecular flexibility index (Phi) is 8.14. The minimum Gasteiger partial charge on any atom is -0.494 e. The fourth-order valence-corrected chi connectivity index (χ4v) is 3.95. The zero-order valence-electron chi connectivity index (χ0n) is 19.2. The Labute approximate surface area is 194 Å². The van der Waals surface area contributed by atoms with Gasteiger partial charge in [-0.1, -0.05) is 18.2 Å². The van der Waals surface area contributed by atoms with Crippen LogP contribution in [0.15, 0.2) is 42.5 Å². The molecule has 174 valence electrons. The van der Waals surface area contributed by atoms with E-state index in [4.69, 9.17) is 14.2 Å². The van der Waals surface area contributed by atoms with Gasteiger partial charge in [-0.2, -0.15) is 5.26 Å². The van der Waals surface area contributed by atoms with E-state index in [2.05, 4.69) is 11.4 Å². The zero-order chi connectivity index (χ0) is 23.8. The van der Waals surface area contributed by atoms with E-state index >= 15 is 0 Å². The topological polar surface area (TPSA) is 101 Å². The Bertz CT molecular complexity index is 1020. The smallest absolute Gasteiger partial charge is 0.244 e. The highest BCUT2D eigenvalue weighted by atomic mass is 16.5. The first kappa shape index (κ1) is 23.9. The molecule has 0 spiro atoms. The summed E-state index contributed by atoms with van der Waals surface area (Å²) in [5.41, 5.74) is 1.43. The van der Waals surface area contributed by atoms with Crippen molar-refractivity contribution in [2.75, 3.05) is 27.4 Å². The number of nitriles is 1. The monoisotopic (exact) mass is 451 g/mol. The molecular formula is C25H29N3O5. The molecule has 1 heterocycles. The van der Waals surface area contributed by atoms with Gasteiger partial charge < -0.3 is 24.4 Å². The third kappa shape index (κ3) is 5.75. The molecule has 0 bridgehead atoms. The number of ether oxygens (including phenoxy) is 3. The average Bonchev–Trinajstić information content (AvgIpc) is 3.34. The molecule has 2 atom stereocenters. The number of rotatable bonds is 9. The lowest BCUT2D eigenvalue weighted by molar-refractivity contribution is -0.138. The van der Waals surface area contributed by atoms with Crippen LogP contribution in [0.5, 0.6) is 17.2 Å². The first-order chi connectivity index (χ1) is 16.0. The third-order valence-electron chi connectivity index (χ3n) is 5.62. The number of carbonyl (C=O) groups is 2. The third-order valence-corrected chi connectivity index (χ3v) is 5.62. The second-order valence-electron chi connectivity index (χ2n) is 7.68. The Morgan fingerprint density at radius 2 is 1.88 bits per heavy atom. The van der Waals surface area contributed by atoms with E-state index < -0.39 is 12.1 Å². The molecule has 2 aromatic rings. The Hall–Kier alpha value is -3.73. The van der Waals surface area contributed by atoms with E-state index in [1.807, 2.05) is 31.2 Å². The van der Waals surface area contributed by atoms with E-state index in [9.17, 15) is 14.9 Å². The summed E-state index contributed by atoms with van der Waals surface area (Å²) in [5.74, 6) is 1.30. The molecule has 33 heavy (non-hydrogen) atoms. The van der Waals surface area contributed by atoms with Gasteiger partial charge in [0.1, 0.15) is 17.8 Å². The molecule has 1 fully saturated rings. The molecule has 0 aliphatic carbocycles. The van der Waals surface area contributed by atoms with E-state index in [1.54, 1.807) is 23.1 Å². The number of hydrogen-bond acceptors (Lipinski definition) is 6. The van der Waals surface area contributed by atoms with E-state index in [0.29, 0.717) is 36.6 Å². The summed E-state index contributed by atoms with van der Waals surface area (Å²) in [6.45, 7) is 3.01. The lowest BCUT2D eigenvalue weighted by Crippen LogP contribution is -2.47. The molecule has 2 amide bonds. The summed E-state index contributed by atoms with van der Waals surface area (Å²) in [4.78, 5) is 27.6. The number of nitrogens with zero attached hydrogens (tertiary/aromatic N) is 2. The van der Waals surface area contributed by atoms with Crippen molar-refractivity contribution < 1.29 is 23.8 Å². The van der Waals surface area contributed by atoms with E-state index in [1.165, 1.54) is 14.2 Å². The largest absolute Gasteiger partial charge is 0.494 e. The van der Waals surface area contributed by atoms with Gasteiger partial charge in [0, 0.05) is 6.54 Å². The SMILES string of the molecule is CCOc1ccc(CC(=O)N2CCC[C@H]2C(=O)NC(C#N)c2ccc(OC)c(OC)c2)cc1. The highest BCUT2D eigenvalue weighted by molar-refractivity contribution is 5.89. The van der Waals surface area contributed by atoms with Gasteiger partial charge >= 0.3 is 0 Å². The average molecular weight is 452 g/mol. The second kappa shape index (κ2) is 11.2. The molecule has 3 rings (SSSR count). The summed E-state index contributed by atoms with van der Waals surface area (Å²) >= 11 is 0. The molecule has 0 aromatic heterocycles. The van der Waals surface area contributed by atoms with Gasteiger partial charge in [-0.25, -0.2) is 0 Å². The van der Waals surface area contributed by atoms with Gasteiger partial charge in [0.05, 0.1) is 33.3 Å². The van der Waals surface area contributed by atoms with Crippen LogP contribution in [0.1, 0.15) is 36.9 Å². The van der Waals surface area contributed by atoms with Gasteiger partial charge in [0.25, 0.3) is 0 Å². The maximum atomic E-state index is 13.0. The highest BCUT2D eigenvalue weighted by Crippen LogP contribution is 2.30. The predicted octanol–water partition coefficient (Wildman–Crippen LogP) is 3.02. The highest BCUT2D eigenvalue weighted by Gasteiger charge is 2.35. The van der Waals surface area contributed by atoms with Crippen LogP contribution in [0.4, 0.5) is 0 Å². The van der Waals surface area contributed by atoms with Crippen LogP contribution in [-0.4, -0.2) is 50.1 Å². The minimum absolute atomic E-state index is 0.114. The normalized spacial score (nSPS) is 15.9. The van der Waals surface area contributed by atoms with Crippen molar-refractivity contribution in [3.8, 4) is 23.3 Å². The van der Waals surface area contributed by atoms with Crippen LogP contribution in [-0.2, 0) is 16.0 Å². The summed E-state index contributed by atoms with van der Waals surface area (Å²) < 4.78 is 16.0. The van der Waals surface area contributed by atoms with Crippen LogP contribution >= 0.6 is 0 Å². The minimum atomic E-state index is -0.874. The number of benzene rings is 2. The van der Waals surface area contributed by atoms with Crippen LogP contribution < -0.4 is 19.5 Å². The van der Waals surface area contributed by atoms with Gasteiger partial charge in [0.2, 0.25) is 11.8 Å². The van der Waals surface area contributed by atoms with Gasteiger partial charge in [0.15, 0.2) is 11.5 Å². The lowest BCUT2D eigenvalue weighted by Gasteiger charge is -2.25. The van der Waals surface area contributed by atoms with Crippen LogP contribution in [0, 0.1) is 11.3 Å². The first-order valence-corrected chi connectivity index (χ1v) is 10.9. The number of amides is 2. The first-order valence-electron chi connectivity index (χ1n) is 10.9. The van der Waals surface area contributed by atoms with E-state index in [0.717, 1.165) is 17.7 Å². The van der Waals surface area contributed by atoms with Crippen molar-refractivity contribution in [2.45, 2.75) is 38.3 Å². The molecule has 0 saturated carbocycles. The molecule has 1 saturated heterocycles. The lowest BCUT2D eigenvalue weighted by atomic mass is 10.1. The zero-order valence-corrected chi connectivity index (χ0v) is 19.2. The molecule has 1 aliphatic rings. The molecule has 1 N–H and O–H groups in total. The fourth-order valence-electron chi connectivity index (χ4n) is 3.95. The van der Waals surface area contributed by atoms with Crippen LogP contribution in [0.3, 0.4) is 0 Å². The van der Waals surface area contributed by atoms with Gasteiger partial charge in [-0.3, -0.25) is 9.59 Å². The summed E-state index contributed by atoms with van der Waals surface area (Å²) in [7, 11) is 3.04. The molecule has 1 aliphatic heterocycles. The number of likely N-dealkylation sites (tertiary alicyclic amines) is 1. The molecular weight excluding hydrogens is 422 g/mol. The van der Waals surface area contributed by atoms with Crippen LogP contribution in [0.25, 0.3) is 0 Å². The number of nitrogens with one attached hydrogen (secondary N) is 1. The number of hydrogen-bond donors (Lipinski definition) is 1. The van der Waals surface area contributed by atoms with Crippen molar-refractivity contribution in [3.63, 3.8) is 0 Å². The fraction of sp³-hybridized carbons (Fsp3) is 0.400. The summed E-state index contributed by atoms with van der Waals surface area (Å²) in [6, 6.07) is 13.1. The van der Waals surface area contributed by atoms with Gasteiger partial charge in [-0.15, -0.1) is 0 Å². The van der Waals surface area contributed by atoms with Crippen LogP contribution in [0.2, 0.25) is 0 Å².